The summed E-state index contributed by atoms with van der Waals surface area (Å²) in [6, 6.07) is -0.325. The van der Waals surface area contributed by atoms with Gasteiger partial charge in [0.25, 0.3) is 0 Å². The van der Waals surface area contributed by atoms with E-state index in [4.69, 9.17) is 5.73 Å². The Morgan fingerprint density at radius 3 is 2.44 bits per heavy atom. The van der Waals surface area contributed by atoms with Gasteiger partial charge in [0.2, 0.25) is 0 Å². The van der Waals surface area contributed by atoms with Crippen LogP contribution in [0.5, 0.6) is 0 Å². The Hall–Kier alpha value is -0.620. The summed E-state index contributed by atoms with van der Waals surface area (Å²) in [6.07, 6.45) is -4.43. The third-order valence-corrected chi connectivity index (χ3v) is 3.46. The Kier molecular flexibility index (Phi) is 4.32. The van der Waals surface area contributed by atoms with Crippen molar-refractivity contribution < 1.29 is 13.2 Å². The minimum absolute atomic E-state index is 0.0705. The first-order chi connectivity index (χ1) is 7.29. The second kappa shape index (κ2) is 5.14. The van der Waals surface area contributed by atoms with Gasteiger partial charge in [0.15, 0.2) is 0 Å². The lowest BCUT2D eigenvalue weighted by Gasteiger charge is -2.11. The van der Waals surface area contributed by atoms with Crippen molar-refractivity contribution >= 4 is 11.3 Å². The molecule has 0 aliphatic rings. The lowest BCUT2D eigenvalue weighted by atomic mass is 10.1. The number of aromatic nitrogens is 1. The Labute approximate surface area is 96.7 Å². The van der Waals surface area contributed by atoms with Gasteiger partial charge in [-0.05, 0) is 26.7 Å². The largest absolute Gasteiger partial charge is 0.389 e. The number of aryl methyl sites for hydroxylation is 2. The number of halogens is 3. The standard InChI is InChI=1S/C10H15F3N2S/c1-6-9(16-7(2)15-6)8(14)4-3-5-10(11,12)13/h8H,3-5,14H2,1-2H3. The Morgan fingerprint density at radius 1 is 1.38 bits per heavy atom. The maximum Gasteiger partial charge on any atom is 0.389 e. The molecule has 1 aromatic rings. The smallest absolute Gasteiger partial charge is 0.323 e. The molecule has 6 heteroatoms. The van der Waals surface area contributed by atoms with Crippen molar-refractivity contribution in [1.29, 1.82) is 0 Å². The summed E-state index contributed by atoms with van der Waals surface area (Å²) in [5, 5.41) is 0.902. The van der Waals surface area contributed by atoms with Gasteiger partial charge >= 0.3 is 6.18 Å². The van der Waals surface area contributed by atoms with E-state index in [9.17, 15) is 13.2 Å². The first kappa shape index (κ1) is 13.4. The van der Waals surface area contributed by atoms with E-state index in [1.165, 1.54) is 11.3 Å². The molecule has 0 aliphatic heterocycles. The van der Waals surface area contributed by atoms with Gasteiger partial charge in [-0.2, -0.15) is 13.2 Å². The van der Waals surface area contributed by atoms with Gasteiger partial charge in [0.05, 0.1) is 10.7 Å². The third-order valence-electron chi connectivity index (χ3n) is 2.25. The molecule has 0 spiro atoms. The zero-order valence-corrected chi connectivity index (χ0v) is 10.1. The predicted octanol–water partition coefficient (Wildman–Crippen LogP) is 3.49. The van der Waals surface area contributed by atoms with E-state index in [1.807, 2.05) is 13.8 Å². The van der Waals surface area contributed by atoms with E-state index >= 15 is 0 Å². The zero-order chi connectivity index (χ0) is 12.3. The topological polar surface area (TPSA) is 38.9 Å². The SMILES string of the molecule is Cc1nc(C)c(C(N)CCCC(F)(F)F)s1. The van der Waals surface area contributed by atoms with E-state index in [0.29, 0.717) is 6.42 Å². The van der Waals surface area contributed by atoms with E-state index in [2.05, 4.69) is 4.98 Å². The fourth-order valence-electron chi connectivity index (χ4n) is 1.54. The molecule has 92 valence electrons. The molecule has 1 heterocycles. The number of rotatable bonds is 4. The normalized spacial score (nSPS) is 14.1. The van der Waals surface area contributed by atoms with Gasteiger partial charge in [-0.25, -0.2) is 4.98 Å². The average Bonchev–Trinajstić information content (AvgIpc) is 2.43. The molecule has 16 heavy (non-hydrogen) atoms. The highest BCUT2D eigenvalue weighted by Crippen LogP contribution is 2.29. The molecule has 0 radical (unpaired) electrons. The lowest BCUT2D eigenvalue weighted by molar-refractivity contribution is -0.135. The molecule has 1 aromatic heterocycles. The molecule has 0 saturated heterocycles. The predicted molar refractivity (Wildman–Crippen MR) is 58.4 cm³/mol. The molecule has 2 N–H and O–H groups in total. The summed E-state index contributed by atoms with van der Waals surface area (Å²) in [5.74, 6) is 0. The summed E-state index contributed by atoms with van der Waals surface area (Å²) in [5.41, 5.74) is 6.68. The first-order valence-electron chi connectivity index (χ1n) is 5.06. The second-order valence-electron chi connectivity index (χ2n) is 3.80. The van der Waals surface area contributed by atoms with E-state index < -0.39 is 12.6 Å². The maximum absolute atomic E-state index is 11.9. The van der Waals surface area contributed by atoms with Gasteiger partial charge in [0.1, 0.15) is 0 Å². The van der Waals surface area contributed by atoms with Crippen LogP contribution in [0.3, 0.4) is 0 Å². The fraction of sp³-hybridized carbons (Fsp3) is 0.700. The zero-order valence-electron chi connectivity index (χ0n) is 9.27. The molecule has 0 aliphatic carbocycles. The number of nitrogens with two attached hydrogens (primary N) is 1. The van der Waals surface area contributed by atoms with Crippen LogP contribution in [0.1, 0.15) is 40.9 Å². The first-order valence-corrected chi connectivity index (χ1v) is 5.87. The highest BCUT2D eigenvalue weighted by molar-refractivity contribution is 7.11. The summed E-state index contributed by atoms with van der Waals surface area (Å²) in [4.78, 5) is 5.11. The molecular formula is C10H15F3N2S. The fourth-order valence-corrected chi connectivity index (χ4v) is 2.51. The van der Waals surface area contributed by atoms with Gasteiger partial charge in [-0.15, -0.1) is 11.3 Å². The third kappa shape index (κ3) is 4.09. The van der Waals surface area contributed by atoms with Gasteiger partial charge in [0, 0.05) is 17.3 Å². The molecule has 0 aromatic carbocycles. The Balaban J connectivity index is 2.47. The summed E-state index contributed by atoms with van der Waals surface area (Å²) < 4.78 is 35.8. The van der Waals surface area contributed by atoms with Crippen LogP contribution in [-0.2, 0) is 0 Å². The maximum atomic E-state index is 11.9. The van der Waals surface area contributed by atoms with E-state index in [1.54, 1.807) is 0 Å². The molecule has 2 nitrogen and oxygen atoms in total. The molecule has 0 saturated carbocycles. The van der Waals surface area contributed by atoms with Crippen molar-refractivity contribution in [3.05, 3.63) is 15.6 Å². The quantitative estimate of drug-likeness (QED) is 0.890. The van der Waals surface area contributed by atoms with Crippen LogP contribution < -0.4 is 5.73 Å². The van der Waals surface area contributed by atoms with Crippen LogP contribution in [0.2, 0.25) is 0 Å². The minimum Gasteiger partial charge on any atom is -0.323 e. The van der Waals surface area contributed by atoms with Crippen molar-refractivity contribution in [2.75, 3.05) is 0 Å². The van der Waals surface area contributed by atoms with Crippen molar-refractivity contribution in [3.8, 4) is 0 Å². The van der Waals surface area contributed by atoms with E-state index in [0.717, 1.165) is 15.6 Å². The minimum atomic E-state index is -4.08. The van der Waals surface area contributed by atoms with Crippen LogP contribution in [-0.4, -0.2) is 11.2 Å². The number of thiazole rings is 1. The van der Waals surface area contributed by atoms with Crippen molar-refractivity contribution in [1.82, 2.24) is 4.98 Å². The molecule has 0 fully saturated rings. The molecule has 0 amide bonds. The Morgan fingerprint density at radius 2 is 2.00 bits per heavy atom. The molecule has 0 bridgehead atoms. The number of nitrogens with zero attached hydrogens (tertiary/aromatic N) is 1. The average molecular weight is 252 g/mol. The van der Waals surface area contributed by atoms with Crippen LogP contribution in [0.25, 0.3) is 0 Å². The second-order valence-corrected chi connectivity index (χ2v) is 5.03. The van der Waals surface area contributed by atoms with Gasteiger partial charge in [-0.3, -0.25) is 0 Å². The van der Waals surface area contributed by atoms with Crippen molar-refractivity contribution in [3.63, 3.8) is 0 Å². The molecule has 1 unspecified atom stereocenters. The van der Waals surface area contributed by atoms with Crippen molar-refractivity contribution in [2.24, 2.45) is 5.73 Å². The lowest BCUT2D eigenvalue weighted by Crippen LogP contribution is -2.12. The molecular weight excluding hydrogens is 237 g/mol. The number of alkyl halides is 3. The highest BCUT2D eigenvalue weighted by Gasteiger charge is 2.26. The van der Waals surface area contributed by atoms with E-state index in [-0.39, 0.29) is 12.5 Å². The monoisotopic (exact) mass is 252 g/mol. The van der Waals surface area contributed by atoms with Crippen LogP contribution in [0.15, 0.2) is 0 Å². The molecule has 1 atom stereocenters. The summed E-state index contributed by atoms with van der Waals surface area (Å²) in [6.45, 7) is 3.70. The summed E-state index contributed by atoms with van der Waals surface area (Å²) >= 11 is 1.46. The van der Waals surface area contributed by atoms with Crippen LogP contribution >= 0.6 is 11.3 Å². The summed E-state index contributed by atoms with van der Waals surface area (Å²) in [7, 11) is 0. The highest BCUT2D eigenvalue weighted by atomic mass is 32.1. The number of hydrogen-bond donors (Lipinski definition) is 1. The Bertz CT molecular complexity index is 346. The van der Waals surface area contributed by atoms with Crippen LogP contribution in [0, 0.1) is 13.8 Å². The molecule has 1 rings (SSSR count). The van der Waals surface area contributed by atoms with Gasteiger partial charge < -0.3 is 5.73 Å². The van der Waals surface area contributed by atoms with Crippen LogP contribution in [0.4, 0.5) is 13.2 Å². The van der Waals surface area contributed by atoms with Crippen molar-refractivity contribution in [2.45, 2.75) is 45.3 Å². The number of hydrogen-bond acceptors (Lipinski definition) is 3. The van der Waals surface area contributed by atoms with Gasteiger partial charge in [-0.1, -0.05) is 0 Å².